The molecule has 0 unspecified atom stereocenters. The molecule has 78 valence electrons. The van der Waals surface area contributed by atoms with Crippen molar-refractivity contribution in [3.63, 3.8) is 0 Å². The van der Waals surface area contributed by atoms with Gasteiger partial charge in [-0.05, 0) is 12.1 Å². The number of carbonyl (C=O) groups is 1. The zero-order valence-corrected chi connectivity index (χ0v) is 8.94. The summed E-state index contributed by atoms with van der Waals surface area (Å²) in [5.41, 5.74) is 0.982. The van der Waals surface area contributed by atoms with Crippen molar-refractivity contribution in [2.24, 2.45) is 0 Å². The van der Waals surface area contributed by atoms with Crippen molar-refractivity contribution in [2.45, 2.75) is 13.8 Å². The van der Waals surface area contributed by atoms with Crippen molar-refractivity contribution >= 4 is 6.29 Å². The molecule has 1 heterocycles. The third-order valence-electron chi connectivity index (χ3n) is 1.80. The Morgan fingerprint density at radius 1 is 1.00 bits per heavy atom. The van der Waals surface area contributed by atoms with E-state index in [-0.39, 0.29) is 0 Å². The first-order valence-electron chi connectivity index (χ1n) is 5.00. The first-order chi connectivity index (χ1) is 7.40. The molecule has 0 spiro atoms. The first kappa shape index (κ1) is 11.2. The van der Waals surface area contributed by atoms with Crippen molar-refractivity contribution in [3.8, 4) is 11.3 Å². The zero-order valence-electron chi connectivity index (χ0n) is 8.94. The van der Waals surface area contributed by atoms with E-state index in [4.69, 9.17) is 4.42 Å². The molecule has 0 aliphatic heterocycles. The Morgan fingerprint density at radius 2 is 1.67 bits per heavy atom. The maximum Gasteiger partial charge on any atom is 0.185 e. The topological polar surface area (TPSA) is 30.2 Å². The van der Waals surface area contributed by atoms with Crippen LogP contribution in [0.2, 0.25) is 0 Å². The molecule has 0 amide bonds. The van der Waals surface area contributed by atoms with Crippen LogP contribution in [0.5, 0.6) is 0 Å². The zero-order chi connectivity index (χ0) is 11.1. The average molecular weight is 202 g/mol. The molecule has 0 atom stereocenters. The van der Waals surface area contributed by atoms with Crippen LogP contribution in [0.3, 0.4) is 0 Å². The van der Waals surface area contributed by atoms with Crippen LogP contribution in [-0.4, -0.2) is 6.29 Å². The van der Waals surface area contributed by atoms with E-state index in [1.165, 1.54) is 0 Å². The van der Waals surface area contributed by atoms with Crippen LogP contribution in [0.4, 0.5) is 0 Å². The highest BCUT2D eigenvalue weighted by Crippen LogP contribution is 2.20. The molecule has 0 saturated heterocycles. The van der Waals surface area contributed by atoms with E-state index >= 15 is 0 Å². The number of aldehydes is 1. The Balaban J connectivity index is 0.000000531. The molecule has 0 aliphatic carbocycles. The minimum atomic E-state index is 0.360. The summed E-state index contributed by atoms with van der Waals surface area (Å²) in [5.74, 6) is 1.08. The molecule has 2 rings (SSSR count). The second kappa shape index (κ2) is 5.81. The molecule has 15 heavy (non-hydrogen) atoms. The number of hydrogen-bond acceptors (Lipinski definition) is 2. The summed E-state index contributed by atoms with van der Waals surface area (Å²) in [6.45, 7) is 4.00. The van der Waals surface area contributed by atoms with Gasteiger partial charge in [-0.2, -0.15) is 0 Å². The molecule has 2 nitrogen and oxygen atoms in total. The SMILES string of the molecule is CC.O=Cc1ccc(-c2ccccc2)o1. The molecule has 2 heteroatoms. The van der Waals surface area contributed by atoms with Crippen LogP contribution in [-0.2, 0) is 0 Å². The van der Waals surface area contributed by atoms with Crippen molar-refractivity contribution < 1.29 is 9.21 Å². The Labute approximate surface area is 89.5 Å². The molecule has 1 aromatic heterocycles. The fourth-order valence-corrected chi connectivity index (χ4v) is 1.17. The van der Waals surface area contributed by atoms with Crippen LogP contribution < -0.4 is 0 Å². The molecule has 1 aromatic carbocycles. The second-order valence-corrected chi connectivity index (χ2v) is 2.69. The number of rotatable bonds is 2. The molecule has 0 bridgehead atoms. The van der Waals surface area contributed by atoms with Gasteiger partial charge in [-0.25, -0.2) is 0 Å². The molecular weight excluding hydrogens is 188 g/mol. The number of furan rings is 1. The Hall–Kier alpha value is -1.83. The van der Waals surface area contributed by atoms with Gasteiger partial charge in [0.05, 0.1) is 0 Å². The van der Waals surface area contributed by atoms with E-state index in [0.29, 0.717) is 12.0 Å². The largest absolute Gasteiger partial charge is 0.453 e. The minimum Gasteiger partial charge on any atom is -0.453 e. The summed E-state index contributed by atoms with van der Waals surface area (Å²) in [7, 11) is 0. The number of benzene rings is 1. The molecular formula is C13H14O2. The van der Waals surface area contributed by atoms with Gasteiger partial charge in [0.2, 0.25) is 0 Å². The van der Waals surface area contributed by atoms with E-state index in [0.717, 1.165) is 11.3 Å². The lowest BCUT2D eigenvalue weighted by molar-refractivity contribution is 0.110. The van der Waals surface area contributed by atoms with Gasteiger partial charge in [0.15, 0.2) is 12.0 Å². The predicted molar refractivity (Wildman–Crippen MR) is 60.9 cm³/mol. The van der Waals surface area contributed by atoms with Gasteiger partial charge >= 0.3 is 0 Å². The molecule has 0 saturated carbocycles. The van der Waals surface area contributed by atoms with Crippen molar-refractivity contribution in [1.82, 2.24) is 0 Å². The van der Waals surface area contributed by atoms with Gasteiger partial charge in [-0.15, -0.1) is 0 Å². The number of hydrogen-bond donors (Lipinski definition) is 0. The smallest absolute Gasteiger partial charge is 0.185 e. The molecule has 0 N–H and O–H groups in total. The van der Waals surface area contributed by atoms with Crippen molar-refractivity contribution in [3.05, 3.63) is 48.2 Å². The van der Waals surface area contributed by atoms with Crippen molar-refractivity contribution in [1.29, 1.82) is 0 Å². The molecule has 0 radical (unpaired) electrons. The van der Waals surface area contributed by atoms with Gasteiger partial charge in [-0.3, -0.25) is 4.79 Å². The summed E-state index contributed by atoms with van der Waals surface area (Å²) < 4.78 is 5.25. The van der Waals surface area contributed by atoms with Gasteiger partial charge in [0.1, 0.15) is 5.76 Å². The summed E-state index contributed by atoms with van der Waals surface area (Å²) in [6, 6.07) is 13.1. The van der Waals surface area contributed by atoms with Crippen molar-refractivity contribution in [2.75, 3.05) is 0 Å². The van der Waals surface area contributed by atoms with Gasteiger partial charge in [-0.1, -0.05) is 44.2 Å². The van der Waals surface area contributed by atoms with Gasteiger partial charge in [0, 0.05) is 5.56 Å². The van der Waals surface area contributed by atoms with Crippen LogP contribution in [0.15, 0.2) is 46.9 Å². The lowest BCUT2D eigenvalue weighted by atomic mass is 10.2. The Bertz CT molecular complexity index is 401. The normalized spacial score (nSPS) is 8.93. The van der Waals surface area contributed by atoms with E-state index in [1.54, 1.807) is 12.1 Å². The highest BCUT2D eigenvalue weighted by atomic mass is 16.3. The van der Waals surface area contributed by atoms with E-state index < -0.39 is 0 Å². The predicted octanol–water partition coefficient (Wildman–Crippen LogP) is 3.79. The quantitative estimate of drug-likeness (QED) is 0.693. The summed E-state index contributed by atoms with van der Waals surface area (Å²) in [5, 5.41) is 0. The van der Waals surface area contributed by atoms with Gasteiger partial charge in [0.25, 0.3) is 0 Å². The van der Waals surface area contributed by atoms with Crippen LogP contribution in [0.25, 0.3) is 11.3 Å². The summed E-state index contributed by atoms with van der Waals surface area (Å²) in [4.78, 5) is 10.4. The lowest BCUT2D eigenvalue weighted by Gasteiger charge is -1.93. The summed E-state index contributed by atoms with van der Waals surface area (Å²) in [6.07, 6.45) is 0.701. The third kappa shape index (κ3) is 2.81. The molecule has 2 aromatic rings. The Morgan fingerprint density at radius 3 is 2.20 bits per heavy atom. The maximum atomic E-state index is 10.4. The monoisotopic (exact) mass is 202 g/mol. The highest BCUT2D eigenvalue weighted by Gasteiger charge is 2.01. The van der Waals surface area contributed by atoms with E-state index in [9.17, 15) is 4.79 Å². The molecule has 0 aliphatic rings. The fraction of sp³-hybridized carbons (Fsp3) is 0.154. The molecule has 0 fully saturated rings. The minimum absolute atomic E-state index is 0.360. The van der Waals surface area contributed by atoms with E-state index in [2.05, 4.69) is 0 Å². The van der Waals surface area contributed by atoms with E-state index in [1.807, 2.05) is 44.2 Å². The standard InChI is InChI=1S/C11H8O2.C2H6/c12-8-10-6-7-11(13-10)9-4-2-1-3-5-9;1-2/h1-8H;1-2H3. The number of carbonyl (C=O) groups excluding carboxylic acids is 1. The highest BCUT2D eigenvalue weighted by molar-refractivity contribution is 5.72. The third-order valence-corrected chi connectivity index (χ3v) is 1.80. The Kier molecular flexibility index (Phi) is 4.35. The van der Waals surface area contributed by atoms with Crippen LogP contribution in [0, 0.1) is 0 Å². The average Bonchev–Trinajstić information content (AvgIpc) is 2.81. The fourth-order valence-electron chi connectivity index (χ4n) is 1.17. The van der Waals surface area contributed by atoms with Crippen LogP contribution >= 0.6 is 0 Å². The summed E-state index contributed by atoms with van der Waals surface area (Å²) >= 11 is 0. The lowest BCUT2D eigenvalue weighted by Crippen LogP contribution is -1.71. The first-order valence-corrected chi connectivity index (χ1v) is 5.00. The second-order valence-electron chi connectivity index (χ2n) is 2.69. The maximum absolute atomic E-state index is 10.4. The van der Waals surface area contributed by atoms with Gasteiger partial charge < -0.3 is 4.42 Å². The van der Waals surface area contributed by atoms with Crippen LogP contribution in [0.1, 0.15) is 24.4 Å².